The minimum atomic E-state index is -0.205. The number of hydrogen-bond acceptors (Lipinski definition) is 3. The maximum atomic E-state index is 9.53. The largest absolute Gasteiger partial charge is 0.394 e. The number of pyridine rings is 1. The molecular formula is C14H20N2O2. The average molecular weight is 248 g/mol. The van der Waals surface area contributed by atoms with Crippen molar-refractivity contribution in [2.75, 3.05) is 13.2 Å². The summed E-state index contributed by atoms with van der Waals surface area (Å²) in [6.07, 6.45) is 3.71. The lowest BCUT2D eigenvalue weighted by molar-refractivity contribution is -0.0272. The predicted octanol–water partition coefficient (Wildman–Crippen LogP) is 2.38. The van der Waals surface area contributed by atoms with Gasteiger partial charge in [0.15, 0.2) is 0 Å². The maximum Gasteiger partial charge on any atom is 0.140 e. The molecule has 18 heavy (non-hydrogen) atoms. The minimum Gasteiger partial charge on any atom is -0.394 e. The van der Waals surface area contributed by atoms with E-state index in [-0.39, 0.29) is 18.2 Å². The zero-order valence-electron chi connectivity index (χ0n) is 11.1. The number of fused-ring (bicyclic) bond motifs is 1. The van der Waals surface area contributed by atoms with Gasteiger partial charge in [0.2, 0.25) is 0 Å². The van der Waals surface area contributed by atoms with E-state index in [0.717, 1.165) is 11.0 Å². The SMILES string of the molecule is CC(C)(C)OC[C@@H](CO)n1ccc2cccnc21. The molecule has 0 amide bonds. The number of hydrogen-bond donors (Lipinski definition) is 1. The van der Waals surface area contributed by atoms with Crippen LogP contribution < -0.4 is 0 Å². The van der Waals surface area contributed by atoms with E-state index in [2.05, 4.69) is 4.98 Å². The van der Waals surface area contributed by atoms with Crippen molar-refractivity contribution in [1.29, 1.82) is 0 Å². The molecule has 0 radical (unpaired) electrons. The lowest BCUT2D eigenvalue weighted by Crippen LogP contribution is -2.26. The smallest absolute Gasteiger partial charge is 0.140 e. The summed E-state index contributed by atoms with van der Waals surface area (Å²) in [5.74, 6) is 0. The van der Waals surface area contributed by atoms with Crippen LogP contribution in [-0.2, 0) is 4.74 Å². The van der Waals surface area contributed by atoms with Gasteiger partial charge in [0.05, 0.1) is 24.9 Å². The molecule has 0 fully saturated rings. The van der Waals surface area contributed by atoms with Gasteiger partial charge in [-0.15, -0.1) is 0 Å². The van der Waals surface area contributed by atoms with Crippen LogP contribution in [0.3, 0.4) is 0 Å². The summed E-state index contributed by atoms with van der Waals surface area (Å²) in [5, 5.41) is 10.6. The average Bonchev–Trinajstić information content (AvgIpc) is 2.73. The molecule has 0 aliphatic rings. The highest BCUT2D eigenvalue weighted by Crippen LogP contribution is 2.19. The molecular weight excluding hydrogens is 228 g/mol. The molecule has 0 unspecified atom stereocenters. The van der Waals surface area contributed by atoms with Gasteiger partial charge < -0.3 is 14.4 Å². The first-order valence-electron chi connectivity index (χ1n) is 6.17. The van der Waals surface area contributed by atoms with Crippen LogP contribution in [0.1, 0.15) is 26.8 Å². The summed E-state index contributed by atoms with van der Waals surface area (Å²) in [5.41, 5.74) is 0.679. The molecule has 2 heterocycles. The number of aliphatic hydroxyl groups is 1. The zero-order chi connectivity index (χ0) is 13.2. The quantitative estimate of drug-likeness (QED) is 0.903. The van der Waals surface area contributed by atoms with Crippen LogP contribution in [0.15, 0.2) is 30.6 Å². The van der Waals surface area contributed by atoms with Crippen molar-refractivity contribution in [1.82, 2.24) is 9.55 Å². The predicted molar refractivity (Wildman–Crippen MR) is 71.6 cm³/mol. The monoisotopic (exact) mass is 248 g/mol. The third-order valence-corrected chi connectivity index (χ3v) is 2.79. The Morgan fingerprint density at radius 1 is 1.39 bits per heavy atom. The Bertz CT molecular complexity index is 514. The minimum absolute atomic E-state index is 0.0381. The molecule has 4 nitrogen and oxygen atoms in total. The van der Waals surface area contributed by atoms with Gasteiger partial charge in [-0.2, -0.15) is 0 Å². The van der Waals surface area contributed by atoms with E-state index in [4.69, 9.17) is 4.74 Å². The van der Waals surface area contributed by atoms with Crippen molar-refractivity contribution in [2.45, 2.75) is 32.4 Å². The fraction of sp³-hybridized carbons (Fsp3) is 0.500. The molecule has 0 aromatic carbocycles. The Balaban J connectivity index is 2.22. The topological polar surface area (TPSA) is 47.3 Å². The Morgan fingerprint density at radius 2 is 2.17 bits per heavy atom. The molecule has 0 spiro atoms. The van der Waals surface area contributed by atoms with E-state index in [1.807, 2.05) is 49.7 Å². The van der Waals surface area contributed by atoms with Crippen molar-refractivity contribution in [3.05, 3.63) is 30.6 Å². The Hall–Kier alpha value is -1.39. The van der Waals surface area contributed by atoms with E-state index in [1.165, 1.54) is 0 Å². The highest BCUT2D eigenvalue weighted by atomic mass is 16.5. The highest BCUT2D eigenvalue weighted by molar-refractivity contribution is 5.75. The zero-order valence-corrected chi connectivity index (χ0v) is 11.1. The van der Waals surface area contributed by atoms with E-state index in [9.17, 15) is 5.11 Å². The second-order valence-electron chi connectivity index (χ2n) is 5.40. The maximum absolute atomic E-state index is 9.53. The Kier molecular flexibility index (Phi) is 3.68. The molecule has 1 N–H and O–H groups in total. The first kappa shape index (κ1) is 13.1. The summed E-state index contributed by atoms with van der Waals surface area (Å²) in [4.78, 5) is 4.35. The highest BCUT2D eigenvalue weighted by Gasteiger charge is 2.17. The summed E-state index contributed by atoms with van der Waals surface area (Å²) >= 11 is 0. The molecule has 0 aliphatic carbocycles. The molecule has 0 saturated carbocycles. The first-order valence-corrected chi connectivity index (χ1v) is 6.17. The van der Waals surface area contributed by atoms with Gasteiger partial charge in [-0.05, 0) is 39.0 Å². The molecule has 2 rings (SSSR count). The first-order chi connectivity index (χ1) is 8.51. The van der Waals surface area contributed by atoms with E-state index < -0.39 is 0 Å². The summed E-state index contributed by atoms with van der Waals surface area (Å²) in [6, 6.07) is 5.82. The molecule has 98 valence electrons. The number of aromatic nitrogens is 2. The third-order valence-electron chi connectivity index (χ3n) is 2.79. The Morgan fingerprint density at radius 3 is 2.83 bits per heavy atom. The van der Waals surface area contributed by atoms with Crippen molar-refractivity contribution in [3.8, 4) is 0 Å². The lowest BCUT2D eigenvalue weighted by atomic mass is 10.2. The van der Waals surface area contributed by atoms with Crippen LogP contribution >= 0.6 is 0 Å². The van der Waals surface area contributed by atoms with Gasteiger partial charge >= 0.3 is 0 Å². The third kappa shape index (κ3) is 2.89. The van der Waals surface area contributed by atoms with Gasteiger partial charge in [-0.25, -0.2) is 4.98 Å². The number of nitrogens with zero attached hydrogens (tertiary/aromatic N) is 2. The van der Waals surface area contributed by atoms with Crippen LogP contribution in [0, 0.1) is 0 Å². The standard InChI is InChI=1S/C14H20N2O2/c1-14(2,3)18-10-12(9-17)16-8-6-11-5-4-7-15-13(11)16/h4-8,12,17H,9-10H2,1-3H3/t12-/m1/s1. The molecule has 2 aromatic heterocycles. The second-order valence-corrected chi connectivity index (χ2v) is 5.40. The van der Waals surface area contributed by atoms with Crippen LogP contribution in [0.5, 0.6) is 0 Å². The van der Waals surface area contributed by atoms with Gasteiger partial charge in [0.25, 0.3) is 0 Å². The fourth-order valence-corrected chi connectivity index (χ4v) is 1.85. The number of ether oxygens (including phenoxy) is 1. The normalized spacial score (nSPS) is 14.0. The van der Waals surface area contributed by atoms with Crippen LogP contribution in [0.4, 0.5) is 0 Å². The van der Waals surface area contributed by atoms with Crippen LogP contribution in [0.25, 0.3) is 11.0 Å². The molecule has 0 aliphatic heterocycles. The van der Waals surface area contributed by atoms with Gasteiger partial charge in [-0.1, -0.05) is 0 Å². The number of rotatable bonds is 4. The summed E-state index contributed by atoms with van der Waals surface area (Å²) < 4.78 is 7.72. The number of aliphatic hydroxyl groups excluding tert-OH is 1. The van der Waals surface area contributed by atoms with Crippen molar-refractivity contribution in [3.63, 3.8) is 0 Å². The fourth-order valence-electron chi connectivity index (χ4n) is 1.85. The van der Waals surface area contributed by atoms with Gasteiger partial charge in [0, 0.05) is 17.8 Å². The lowest BCUT2D eigenvalue weighted by Gasteiger charge is -2.24. The summed E-state index contributed by atoms with van der Waals surface area (Å²) in [7, 11) is 0. The summed E-state index contributed by atoms with van der Waals surface area (Å²) in [6.45, 7) is 6.53. The van der Waals surface area contributed by atoms with Crippen molar-refractivity contribution in [2.24, 2.45) is 0 Å². The van der Waals surface area contributed by atoms with Crippen LogP contribution in [0.2, 0.25) is 0 Å². The molecule has 2 aromatic rings. The Labute approximate surface area is 107 Å². The second kappa shape index (κ2) is 5.08. The molecule has 0 bridgehead atoms. The van der Waals surface area contributed by atoms with Gasteiger partial charge in [-0.3, -0.25) is 0 Å². The van der Waals surface area contributed by atoms with Crippen molar-refractivity contribution < 1.29 is 9.84 Å². The molecule has 4 heteroatoms. The van der Waals surface area contributed by atoms with Crippen molar-refractivity contribution >= 4 is 11.0 Å². The molecule has 1 atom stereocenters. The van der Waals surface area contributed by atoms with E-state index >= 15 is 0 Å². The molecule has 0 saturated heterocycles. The van der Waals surface area contributed by atoms with Crippen LogP contribution in [-0.4, -0.2) is 33.5 Å². The van der Waals surface area contributed by atoms with E-state index in [1.54, 1.807) is 6.20 Å². The van der Waals surface area contributed by atoms with Gasteiger partial charge in [0.1, 0.15) is 5.65 Å². The van der Waals surface area contributed by atoms with E-state index in [0.29, 0.717) is 6.61 Å².